The molecule has 0 amide bonds. The number of nitrogens with one attached hydrogen (secondary N) is 1. The second-order valence-corrected chi connectivity index (χ2v) is 5.11. The van der Waals surface area contributed by atoms with Gasteiger partial charge < -0.3 is 11.1 Å². The molecule has 0 aliphatic heterocycles. The fourth-order valence-electron chi connectivity index (χ4n) is 1.64. The summed E-state index contributed by atoms with van der Waals surface area (Å²) in [6, 6.07) is 0. The lowest BCUT2D eigenvalue weighted by Crippen LogP contribution is -2.16. The van der Waals surface area contributed by atoms with E-state index >= 15 is 0 Å². The van der Waals surface area contributed by atoms with Crippen LogP contribution in [0.1, 0.15) is 47.0 Å². The molecule has 0 spiro atoms. The summed E-state index contributed by atoms with van der Waals surface area (Å²) in [6.45, 7) is 13.1. The molecule has 1 atom stereocenters. The smallest absolute Gasteiger partial charge is 0.153 e. The standard InChI is InChI=1S/C17H29N3O/c1-6-13(4)9-19-10-15(7-2)16(8-3)11-20-17(18)14(5)12-21/h10-13,19H,5-9H2,1-4H3,(H2,18,20)/b15-10+,16-11+. The summed E-state index contributed by atoms with van der Waals surface area (Å²) < 4.78 is 0. The second kappa shape index (κ2) is 10.9. The van der Waals surface area contributed by atoms with Gasteiger partial charge in [0.25, 0.3) is 0 Å². The van der Waals surface area contributed by atoms with Gasteiger partial charge in [-0.2, -0.15) is 0 Å². The normalized spacial score (nSPS) is 14.8. The number of allylic oxidation sites excluding steroid dienone is 2. The first-order chi connectivity index (χ1) is 9.99. The highest BCUT2D eigenvalue weighted by molar-refractivity contribution is 6.12. The van der Waals surface area contributed by atoms with E-state index in [0.29, 0.717) is 12.2 Å². The van der Waals surface area contributed by atoms with E-state index in [9.17, 15) is 4.79 Å². The third-order valence-electron chi connectivity index (χ3n) is 3.44. The molecule has 0 radical (unpaired) electrons. The molecule has 0 heterocycles. The number of carbonyl (C=O) groups excluding carboxylic acids is 1. The minimum absolute atomic E-state index is 0.166. The van der Waals surface area contributed by atoms with Crippen molar-refractivity contribution in [2.75, 3.05) is 6.54 Å². The Bertz CT molecular complexity index is 433. The van der Waals surface area contributed by atoms with E-state index in [1.165, 1.54) is 5.57 Å². The summed E-state index contributed by atoms with van der Waals surface area (Å²) in [7, 11) is 0. The molecule has 0 aliphatic carbocycles. The minimum Gasteiger partial charge on any atom is -0.390 e. The van der Waals surface area contributed by atoms with Crippen molar-refractivity contribution in [2.45, 2.75) is 47.0 Å². The van der Waals surface area contributed by atoms with Gasteiger partial charge in [0, 0.05) is 18.3 Å². The Morgan fingerprint density at radius 2 is 1.90 bits per heavy atom. The molecule has 21 heavy (non-hydrogen) atoms. The molecule has 0 saturated heterocycles. The van der Waals surface area contributed by atoms with Crippen LogP contribution in [-0.2, 0) is 4.79 Å². The number of nitrogens with two attached hydrogens (primary N) is 1. The zero-order chi connectivity index (χ0) is 16.3. The highest BCUT2D eigenvalue weighted by atomic mass is 16.1. The molecule has 3 N–H and O–H groups in total. The predicted molar refractivity (Wildman–Crippen MR) is 91.0 cm³/mol. The molecule has 0 aromatic heterocycles. The van der Waals surface area contributed by atoms with Gasteiger partial charge in [-0.15, -0.1) is 0 Å². The Balaban J connectivity index is 4.98. The Kier molecular flexibility index (Phi) is 9.94. The van der Waals surface area contributed by atoms with Crippen LogP contribution in [0.2, 0.25) is 0 Å². The molecule has 0 rings (SSSR count). The third-order valence-corrected chi connectivity index (χ3v) is 3.44. The molecule has 0 aromatic rings. The minimum atomic E-state index is 0.166. The zero-order valence-corrected chi connectivity index (χ0v) is 13.8. The SMILES string of the molecule is C=C(C=O)C(N)=N/C=C(CC)/C(=C/NCC(C)CC)CC. The summed E-state index contributed by atoms with van der Waals surface area (Å²) in [5, 5.41) is 3.37. The zero-order valence-electron chi connectivity index (χ0n) is 13.8. The lowest BCUT2D eigenvalue weighted by Gasteiger charge is -2.11. The second-order valence-electron chi connectivity index (χ2n) is 5.11. The third kappa shape index (κ3) is 7.49. The van der Waals surface area contributed by atoms with Gasteiger partial charge >= 0.3 is 0 Å². The number of rotatable bonds is 10. The monoisotopic (exact) mass is 291 g/mol. The molecule has 118 valence electrons. The van der Waals surface area contributed by atoms with Crippen LogP contribution in [-0.4, -0.2) is 18.7 Å². The number of hydrogen-bond acceptors (Lipinski definition) is 3. The Labute approximate surface area is 128 Å². The molecule has 0 aliphatic rings. The van der Waals surface area contributed by atoms with Gasteiger partial charge in [-0.1, -0.05) is 40.7 Å². The lowest BCUT2D eigenvalue weighted by molar-refractivity contribution is -0.104. The lowest BCUT2D eigenvalue weighted by atomic mass is 10.0. The van der Waals surface area contributed by atoms with Crippen molar-refractivity contribution in [1.82, 2.24) is 5.32 Å². The molecule has 0 saturated carbocycles. The van der Waals surface area contributed by atoms with E-state index in [0.717, 1.165) is 31.4 Å². The maximum Gasteiger partial charge on any atom is 0.153 e. The topological polar surface area (TPSA) is 67.5 Å². The van der Waals surface area contributed by atoms with Gasteiger partial charge in [-0.3, -0.25) is 4.79 Å². The number of carbonyl (C=O) groups is 1. The summed E-state index contributed by atoms with van der Waals surface area (Å²) in [6.07, 6.45) is 7.33. The van der Waals surface area contributed by atoms with Gasteiger partial charge in [0.1, 0.15) is 5.84 Å². The van der Waals surface area contributed by atoms with Crippen molar-refractivity contribution in [2.24, 2.45) is 16.6 Å². The first-order valence-electron chi connectivity index (χ1n) is 7.59. The van der Waals surface area contributed by atoms with Gasteiger partial charge in [-0.05, 0) is 36.1 Å². The number of aliphatic imine (C=N–C) groups is 1. The van der Waals surface area contributed by atoms with Gasteiger partial charge in [0.2, 0.25) is 0 Å². The van der Waals surface area contributed by atoms with Crippen molar-refractivity contribution >= 4 is 12.1 Å². The molecular weight excluding hydrogens is 262 g/mol. The van der Waals surface area contributed by atoms with Crippen molar-refractivity contribution in [3.63, 3.8) is 0 Å². The first-order valence-corrected chi connectivity index (χ1v) is 7.59. The van der Waals surface area contributed by atoms with Crippen molar-refractivity contribution in [1.29, 1.82) is 0 Å². The molecular formula is C17H29N3O. The molecule has 0 fully saturated rings. The van der Waals surface area contributed by atoms with Crippen LogP contribution in [0.3, 0.4) is 0 Å². The molecule has 1 unspecified atom stereocenters. The van der Waals surface area contributed by atoms with E-state index in [1.807, 2.05) is 0 Å². The van der Waals surface area contributed by atoms with Crippen LogP contribution in [0.25, 0.3) is 0 Å². The number of aldehydes is 1. The van der Waals surface area contributed by atoms with E-state index in [4.69, 9.17) is 5.73 Å². The average Bonchev–Trinajstić information content (AvgIpc) is 2.51. The van der Waals surface area contributed by atoms with Crippen LogP contribution in [0.5, 0.6) is 0 Å². The van der Waals surface area contributed by atoms with E-state index in [2.05, 4.69) is 50.8 Å². The molecule has 4 nitrogen and oxygen atoms in total. The molecule has 4 heteroatoms. The van der Waals surface area contributed by atoms with E-state index in [-0.39, 0.29) is 11.4 Å². The summed E-state index contributed by atoms with van der Waals surface area (Å²) >= 11 is 0. The van der Waals surface area contributed by atoms with Crippen molar-refractivity contribution in [3.8, 4) is 0 Å². The van der Waals surface area contributed by atoms with Gasteiger partial charge in [0.05, 0.1) is 0 Å². The average molecular weight is 291 g/mol. The predicted octanol–water partition coefficient (Wildman–Crippen LogP) is 3.32. The summed E-state index contributed by atoms with van der Waals surface area (Å²) in [5.41, 5.74) is 8.19. The van der Waals surface area contributed by atoms with Gasteiger partial charge in [-0.25, -0.2) is 4.99 Å². The Morgan fingerprint density at radius 1 is 1.29 bits per heavy atom. The first kappa shape index (κ1) is 19.2. The van der Waals surface area contributed by atoms with Gasteiger partial charge in [0.15, 0.2) is 6.29 Å². The fraction of sp³-hybridized carbons (Fsp3) is 0.529. The molecule has 0 aromatic carbocycles. The fourth-order valence-corrected chi connectivity index (χ4v) is 1.64. The van der Waals surface area contributed by atoms with Crippen LogP contribution < -0.4 is 11.1 Å². The molecule has 0 bridgehead atoms. The maximum atomic E-state index is 10.6. The highest BCUT2D eigenvalue weighted by Crippen LogP contribution is 2.17. The Morgan fingerprint density at radius 3 is 2.38 bits per heavy atom. The van der Waals surface area contributed by atoms with Crippen LogP contribution in [0.4, 0.5) is 0 Å². The summed E-state index contributed by atoms with van der Waals surface area (Å²) in [5.74, 6) is 0.817. The number of amidine groups is 1. The van der Waals surface area contributed by atoms with Crippen molar-refractivity contribution in [3.05, 3.63) is 35.7 Å². The highest BCUT2D eigenvalue weighted by Gasteiger charge is 2.03. The Hall–Kier alpha value is -1.84. The largest absolute Gasteiger partial charge is 0.390 e. The van der Waals surface area contributed by atoms with Crippen LogP contribution in [0.15, 0.2) is 40.7 Å². The number of nitrogens with zero attached hydrogens (tertiary/aromatic N) is 1. The maximum absolute atomic E-state index is 10.6. The van der Waals surface area contributed by atoms with Crippen LogP contribution >= 0.6 is 0 Å². The van der Waals surface area contributed by atoms with Crippen molar-refractivity contribution < 1.29 is 4.79 Å². The quantitative estimate of drug-likeness (QED) is 0.213. The van der Waals surface area contributed by atoms with E-state index in [1.54, 1.807) is 6.20 Å². The number of hydrogen-bond donors (Lipinski definition) is 2. The summed E-state index contributed by atoms with van der Waals surface area (Å²) in [4.78, 5) is 14.7. The van der Waals surface area contributed by atoms with E-state index < -0.39 is 0 Å². The van der Waals surface area contributed by atoms with Crippen LogP contribution in [0, 0.1) is 5.92 Å².